The van der Waals surface area contributed by atoms with Gasteiger partial charge in [-0.25, -0.2) is 9.97 Å². The molecule has 7 nitrogen and oxygen atoms in total. The number of piperidine rings is 1. The molecule has 0 unspecified atom stereocenters. The van der Waals surface area contributed by atoms with Crippen LogP contribution in [0, 0.1) is 6.92 Å². The molecule has 0 aliphatic carbocycles. The van der Waals surface area contributed by atoms with E-state index in [1.165, 1.54) is 0 Å². The lowest BCUT2D eigenvalue weighted by Gasteiger charge is -2.36. The molecular formula is C18H25ClN6OS. The minimum atomic E-state index is 0. The Hall–Kier alpha value is -1.77. The number of rotatable bonds is 3. The van der Waals surface area contributed by atoms with Gasteiger partial charge in [-0.05, 0) is 31.7 Å². The molecule has 0 spiro atoms. The number of anilines is 1. The molecule has 0 radical (unpaired) electrons. The van der Waals surface area contributed by atoms with Crippen molar-refractivity contribution in [2.45, 2.75) is 32.2 Å². The van der Waals surface area contributed by atoms with Crippen molar-refractivity contribution >= 4 is 46.9 Å². The van der Waals surface area contributed by atoms with Crippen molar-refractivity contribution in [1.82, 2.24) is 19.9 Å². The maximum atomic E-state index is 13.1. The van der Waals surface area contributed by atoms with E-state index in [1.807, 2.05) is 24.2 Å². The van der Waals surface area contributed by atoms with Crippen LogP contribution in [0.3, 0.4) is 0 Å². The van der Waals surface area contributed by atoms with Gasteiger partial charge in [0.05, 0.1) is 10.3 Å². The molecule has 0 aromatic carbocycles. The largest absolute Gasteiger partial charge is 0.346 e. The third-order valence-electron chi connectivity index (χ3n) is 5.15. The van der Waals surface area contributed by atoms with E-state index in [2.05, 4.69) is 19.9 Å². The van der Waals surface area contributed by atoms with Crippen molar-refractivity contribution in [1.29, 1.82) is 0 Å². The van der Waals surface area contributed by atoms with E-state index in [4.69, 9.17) is 5.73 Å². The fraction of sp³-hybridized carbons (Fsp3) is 0.500. The molecule has 1 atom stereocenters. The quantitative estimate of drug-likeness (QED) is 0.810. The van der Waals surface area contributed by atoms with Gasteiger partial charge in [0.2, 0.25) is 0 Å². The molecule has 1 saturated heterocycles. The normalized spacial score (nSPS) is 20.4. The number of aromatic nitrogens is 3. The first-order valence-electron chi connectivity index (χ1n) is 9.10. The van der Waals surface area contributed by atoms with E-state index >= 15 is 0 Å². The number of H-pyrrole nitrogens is 1. The number of thioether (sulfide) groups is 1. The number of aromatic amines is 1. The van der Waals surface area contributed by atoms with Crippen molar-refractivity contribution in [3.05, 3.63) is 29.2 Å². The highest BCUT2D eigenvalue weighted by atomic mass is 35.5. The van der Waals surface area contributed by atoms with E-state index in [-0.39, 0.29) is 24.4 Å². The van der Waals surface area contributed by atoms with Crippen LogP contribution in [-0.2, 0) is 4.79 Å². The Morgan fingerprint density at radius 2 is 2.22 bits per heavy atom. The lowest BCUT2D eigenvalue weighted by atomic mass is 10.0. The summed E-state index contributed by atoms with van der Waals surface area (Å²) in [6, 6.07) is 0.158. The summed E-state index contributed by atoms with van der Waals surface area (Å²) in [7, 11) is 0. The van der Waals surface area contributed by atoms with Crippen LogP contribution in [0.5, 0.6) is 0 Å². The Kier molecular flexibility index (Phi) is 6.29. The number of hydrogen-bond acceptors (Lipinski definition) is 6. The number of hydrogen-bond donors (Lipinski definition) is 2. The van der Waals surface area contributed by atoms with Gasteiger partial charge in [0.1, 0.15) is 17.8 Å². The van der Waals surface area contributed by atoms with Gasteiger partial charge in [-0.15, -0.1) is 24.2 Å². The minimum Gasteiger partial charge on any atom is -0.346 e. The van der Waals surface area contributed by atoms with Crippen LogP contribution in [-0.4, -0.2) is 57.2 Å². The van der Waals surface area contributed by atoms with E-state index < -0.39 is 0 Å². The summed E-state index contributed by atoms with van der Waals surface area (Å²) in [4.78, 5) is 29.9. The summed E-state index contributed by atoms with van der Waals surface area (Å²) in [6.07, 6.45) is 8.66. The van der Waals surface area contributed by atoms with Crippen LogP contribution in [0.15, 0.2) is 23.6 Å². The van der Waals surface area contributed by atoms with Gasteiger partial charge in [-0.2, -0.15) is 0 Å². The number of aryl methyl sites for hydroxylation is 1. The van der Waals surface area contributed by atoms with Crippen molar-refractivity contribution in [3.63, 3.8) is 0 Å². The number of likely N-dealkylation sites (tertiary alicyclic amines) is 1. The number of nitrogens with two attached hydrogens (primary N) is 1. The number of nitrogens with one attached hydrogen (secondary N) is 1. The third kappa shape index (κ3) is 3.79. The van der Waals surface area contributed by atoms with Crippen molar-refractivity contribution in [3.8, 4) is 0 Å². The number of amides is 1. The van der Waals surface area contributed by atoms with Gasteiger partial charge in [0.15, 0.2) is 0 Å². The van der Waals surface area contributed by atoms with Gasteiger partial charge >= 0.3 is 0 Å². The van der Waals surface area contributed by atoms with Gasteiger partial charge in [-0.1, -0.05) is 0 Å². The zero-order chi connectivity index (χ0) is 18.1. The van der Waals surface area contributed by atoms with Crippen LogP contribution >= 0.6 is 24.2 Å². The fourth-order valence-electron chi connectivity index (χ4n) is 3.75. The molecule has 146 valence electrons. The lowest BCUT2D eigenvalue weighted by molar-refractivity contribution is -0.129. The molecule has 4 heterocycles. The summed E-state index contributed by atoms with van der Waals surface area (Å²) in [6.45, 7) is 4.19. The zero-order valence-electron chi connectivity index (χ0n) is 15.4. The van der Waals surface area contributed by atoms with E-state index in [9.17, 15) is 4.79 Å². The van der Waals surface area contributed by atoms with Crippen LogP contribution in [0.2, 0.25) is 0 Å². The Labute approximate surface area is 169 Å². The van der Waals surface area contributed by atoms with Crippen molar-refractivity contribution in [2.75, 3.05) is 30.3 Å². The highest BCUT2D eigenvalue weighted by Gasteiger charge is 2.30. The molecule has 2 aliphatic heterocycles. The molecule has 1 amide bonds. The monoisotopic (exact) mass is 408 g/mol. The average molecular weight is 409 g/mol. The van der Waals surface area contributed by atoms with Crippen molar-refractivity contribution < 1.29 is 4.79 Å². The smallest absolute Gasteiger partial charge is 0.262 e. The van der Waals surface area contributed by atoms with Crippen LogP contribution in [0.4, 0.5) is 5.82 Å². The minimum absolute atomic E-state index is 0. The zero-order valence-corrected chi connectivity index (χ0v) is 17.0. The Bertz CT molecular complexity index is 853. The van der Waals surface area contributed by atoms with Gasteiger partial charge < -0.3 is 20.5 Å². The molecule has 9 heteroatoms. The number of halogens is 1. The second-order valence-corrected chi connectivity index (χ2v) is 7.95. The number of carbonyl (C=O) groups is 1. The topological polar surface area (TPSA) is 91.1 Å². The maximum Gasteiger partial charge on any atom is 0.262 e. The second kappa shape index (κ2) is 8.50. The highest BCUT2D eigenvalue weighted by Crippen LogP contribution is 2.32. The summed E-state index contributed by atoms with van der Waals surface area (Å²) in [5.74, 6) is 1.81. The SMILES string of the molecule is Cc1c[nH]c2ncnc(N3C=C(C(=O)N4CCCC[C@@H]4CN)SCC3)c12.Cl. The first-order valence-corrected chi connectivity index (χ1v) is 10.1. The average Bonchev–Trinajstić information content (AvgIpc) is 3.08. The number of fused-ring (bicyclic) bond motifs is 1. The summed E-state index contributed by atoms with van der Waals surface area (Å²) in [5.41, 5.74) is 7.83. The first-order chi connectivity index (χ1) is 12.7. The van der Waals surface area contributed by atoms with E-state index in [0.29, 0.717) is 6.54 Å². The molecule has 3 N–H and O–H groups in total. The standard InChI is InChI=1S/C18H24N6OS.ClH/c1-12-9-20-16-15(12)17(22-11-21-16)23-6-7-26-14(10-23)18(25)24-5-3-2-4-13(24)8-19;/h9-11,13H,2-8,19H2,1H3,(H,20,21,22);1H/t13-;/m1./s1. The van der Waals surface area contributed by atoms with Gasteiger partial charge in [-0.3, -0.25) is 4.79 Å². The molecule has 2 aromatic heterocycles. The maximum absolute atomic E-state index is 13.1. The highest BCUT2D eigenvalue weighted by molar-refractivity contribution is 8.04. The van der Waals surface area contributed by atoms with Gasteiger partial charge in [0.25, 0.3) is 5.91 Å². The molecule has 2 aliphatic rings. The Morgan fingerprint density at radius 1 is 1.37 bits per heavy atom. The molecule has 0 bridgehead atoms. The lowest BCUT2D eigenvalue weighted by Crippen LogP contribution is -2.48. The fourth-order valence-corrected chi connectivity index (χ4v) is 4.70. The molecule has 0 saturated carbocycles. The number of nitrogens with zero attached hydrogens (tertiary/aromatic N) is 4. The second-order valence-electron chi connectivity index (χ2n) is 6.81. The molecule has 4 rings (SSSR count). The predicted octanol–water partition coefficient (Wildman–Crippen LogP) is 2.42. The summed E-state index contributed by atoms with van der Waals surface area (Å²) in [5, 5.41) is 1.01. The van der Waals surface area contributed by atoms with Crippen LogP contribution in [0.25, 0.3) is 11.0 Å². The van der Waals surface area contributed by atoms with Crippen molar-refractivity contribution in [2.24, 2.45) is 5.73 Å². The van der Waals surface area contributed by atoms with Gasteiger partial charge in [0, 0.05) is 43.8 Å². The predicted molar refractivity (Wildman–Crippen MR) is 112 cm³/mol. The summed E-state index contributed by atoms with van der Waals surface area (Å²) < 4.78 is 0. The molecular weight excluding hydrogens is 384 g/mol. The summed E-state index contributed by atoms with van der Waals surface area (Å²) >= 11 is 1.62. The van der Waals surface area contributed by atoms with Crippen LogP contribution in [0.1, 0.15) is 24.8 Å². The molecule has 1 fully saturated rings. The third-order valence-corrected chi connectivity index (χ3v) is 6.13. The van der Waals surface area contributed by atoms with E-state index in [0.717, 1.165) is 65.4 Å². The first kappa shape index (κ1) is 20.0. The molecule has 2 aromatic rings. The van der Waals surface area contributed by atoms with Crippen LogP contribution < -0.4 is 10.6 Å². The number of carbonyl (C=O) groups excluding carboxylic acids is 1. The van der Waals surface area contributed by atoms with E-state index in [1.54, 1.807) is 18.1 Å². The Morgan fingerprint density at radius 3 is 3.04 bits per heavy atom. The Balaban J connectivity index is 0.00000210. The molecule has 27 heavy (non-hydrogen) atoms.